The molecule has 0 aliphatic heterocycles. The Morgan fingerprint density at radius 3 is 1.58 bits per heavy atom. The number of furan rings is 2. The average molecular weight is 552 g/mol. The van der Waals surface area contributed by atoms with E-state index in [0.29, 0.717) is 5.95 Å². The standard InChI is InChI=1S/C38H21N3O2/c1-2-10-22(11-3-1)37-23-12-4-7-15-26(23)39-38(40-37)41-27-18-20-31-33(24-13-5-8-16-29(24)42-31)35(27)36-28(41)19-21-32-34(36)25-14-6-9-17-30(25)43-32/h1-21H. The second kappa shape index (κ2) is 8.30. The minimum Gasteiger partial charge on any atom is -0.456 e. The van der Waals surface area contributed by atoms with Gasteiger partial charge in [0.1, 0.15) is 22.3 Å². The molecule has 10 aromatic rings. The van der Waals surface area contributed by atoms with Gasteiger partial charge in [-0.2, -0.15) is 0 Å². The summed E-state index contributed by atoms with van der Waals surface area (Å²) in [6.07, 6.45) is 0. The van der Waals surface area contributed by atoms with E-state index in [-0.39, 0.29) is 0 Å². The van der Waals surface area contributed by atoms with Crippen LogP contribution in [0.2, 0.25) is 0 Å². The van der Waals surface area contributed by atoms with Crippen LogP contribution in [0.15, 0.2) is 136 Å². The van der Waals surface area contributed by atoms with Crippen molar-refractivity contribution >= 4 is 76.6 Å². The summed E-state index contributed by atoms with van der Waals surface area (Å²) in [6, 6.07) is 43.5. The summed E-state index contributed by atoms with van der Waals surface area (Å²) in [5.74, 6) is 0.622. The third-order valence-corrected chi connectivity index (χ3v) is 8.61. The van der Waals surface area contributed by atoms with E-state index in [1.54, 1.807) is 0 Å². The van der Waals surface area contributed by atoms with Crippen LogP contribution in [0.5, 0.6) is 0 Å². The van der Waals surface area contributed by atoms with Crippen molar-refractivity contribution in [3.63, 3.8) is 0 Å². The summed E-state index contributed by atoms with van der Waals surface area (Å²) < 4.78 is 15.0. The summed E-state index contributed by atoms with van der Waals surface area (Å²) in [7, 11) is 0. The van der Waals surface area contributed by atoms with Crippen LogP contribution < -0.4 is 0 Å². The summed E-state index contributed by atoms with van der Waals surface area (Å²) >= 11 is 0. The molecule has 5 heteroatoms. The van der Waals surface area contributed by atoms with Gasteiger partial charge >= 0.3 is 0 Å². The first kappa shape index (κ1) is 22.7. The van der Waals surface area contributed by atoms with Crippen molar-refractivity contribution in [1.82, 2.24) is 14.5 Å². The quantitative estimate of drug-likeness (QED) is 0.214. The second-order valence-corrected chi connectivity index (χ2v) is 11.0. The molecule has 200 valence electrons. The fourth-order valence-electron chi connectivity index (χ4n) is 6.82. The van der Waals surface area contributed by atoms with Gasteiger partial charge in [0, 0.05) is 43.3 Å². The molecule has 0 amide bonds. The van der Waals surface area contributed by atoms with Crippen molar-refractivity contribution in [2.45, 2.75) is 0 Å². The Labute approximate surface area is 244 Å². The molecule has 0 radical (unpaired) electrons. The molecule has 43 heavy (non-hydrogen) atoms. The van der Waals surface area contributed by atoms with Crippen LogP contribution in [-0.2, 0) is 0 Å². The lowest BCUT2D eigenvalue weighted by Gasteiger charge is -2.11. The molecule has 0 saturated carbocycles. The lowest BCUT2D eigenvalue weighted by Crippen LogP contribution is -2.03. The molecule has 0 atom stereocenters. The molecular formula is C38H21N3O2. The predicted molar refractivity (Wildman–Crippen MR) is 174 cm³/mol. The van der Waals surface area contributed by atoms with E-state index in [1.165, 1.54) is 0 Å². The molecule has 0 bridgehead atoms. The molecule has 10 rings (SSSR count). The maximum Gasteiger partial charge on any atom is 0.235 e. The summed E-state index contributed by atoms with van der Waals surface area (Å²) in [6.45, 7) is 0. The van der Waals surface area contributed by atoms with Gasteiger partial charge in [-0.15, -0.1) is 0 Å². The van der Waals surface area contributed by atoms with Crippen molar-refractivity contribution in [2.24, 2.45) is 0 Å². The van der Waals surface area contributed by atoms with Gasteiger partial charge in [-0.05, 0) is 42.5 Å². The fraction of sp³-hybridized carbons (Fsp3) is 0. The van der Waals surface area contributed by atoms with Crippen LogP contribution in [0.4, 0.5) is 0 Å². The topological polar surface area (TPSA) is 57.0 Å². The predicted octanol–water partition coefficient (Wildman–Crippen LogP) is 10.2. The molecule has 4 heterocycles. The van der Waals surface area contributed by atoms with Gasteiger partial charge < -0.3 is 8.83 Å². The minimum atomic E-state index is 0.622. The maximum absolute atomic E-state index is 6.38. The third-order valence-electron chi connectivity index (χ3n) is 8.61. The lowest BCUT2D eigenvalue weighted by molar-refractivity contribution is 0.668. The van der Waals surface area contributed by atoms with Crippen LogP contribution in [0.25, 0.3) is 93.8 Å². The maximum atomic E-state index is 6.38. The Hall–Kier alpha value is -5.94. The number of benzene rings is 6. The van der Waals surface area contributed by atoms with Gasteiger partial charge in [0.15, 0.2) is 0 Å². The molecule has 0 unspecified atom stereocenters. The first-order chi connectivity index (χ1) is 21.3. The highest BCUT2D eigenvalue weighted by molar-refractivity contribution is 6.35. The van der Waals surface area contributed by atoms with Gasteiger partial charge in [-0.1, -0.05) is 84.9 Å². The number of fused-ring (bicyclic) bond motifs is 12. The van der Waals surface area contributed by atoms with Gasteiger partial charge in [-0.3, -0.25) is 4.57 Å². The zero-order valence-electron chi connectivity index (χ0n) is 22.8. The van der Waals surface area contributed by atoms with Crippen molar-refractivity contribution in [1.29, 1.82) is 0 Å². The van der Waals surface area contributed by atoms with Crippen LogP contribution in [0.1, 0.15) is 0 Å². The Bertz CT molecular complexity index is 2600. The fourth-order valence-corrected chi connectivity index (χ4v) is 6.82. The molecule has 0 aliphatic rings. The van der Waals surface area contributed by atoms with Gasteiger partial charge in [0.05, 0.1) is 22.2 Å². The number of nitrogens with zero attached hydrogens (tertiary/aromatic N) is 3. The van der Waals surface area contributed by atoms with Gasteiger partial charge in [0.2, 0.25) is 5.95 Å². The van der Waals surface area contributed by atoms with Crippen molar-refractivity contribution in [3.8, 4) is 17.2 Å². The average Bonchev–Trinajstić information content (AvgIpc) is 3.73. The largest absolute Gasteiger partial charge is 0.456 e. The van der Waals surface area contributed by atoms with Crippen LogP contribution in [-0.4, -0.2) is 14.5 Å². The molecule has 0 N–H and O–H groups in total. The Kier molecular flexibility index (Phi) is 4.39. The second-order valence-electron chi connectivity index (χ2n) is 11.0. The van der Waals surface area contributed by atoms with Crippen LogP contribution in [0, 0.1) is 0 Å². The van der Waals surface area contributed by atoms with Crippen molar-refractivity contribution in [2.75, 3.05) is 0 Å². The molecule has 0 saturated heterocycles. The highest BCUT2D eigenvalue weighted by atomic mass is 16.3. The highest BCUT2D eigenvalue weighted by Crippen LogP contribution is 2.45. The zero-order valence-corrected chi connectivity index (χ0v) is 22.8. The summed E-state index contributed by atoms with van der Waals surface area (Å²) in [4.78, 5) is 10.4. The Balaban J connectivity index is 1.45. The van der Waals surface area contributed by atoms with Gasteiger partial charge in [0.25, 0.3) is 0 Å². The van der Waals surface area contributed by atoms with Crippen LogP contribution in [0.3, 0.4) is 0 Å². The highest BCUT2D eigenvalue weighted by Gasteiger charge is 2.24. The SMILES string of the molecule is c1ccc(-c2nc(-n3c4ccc5oc6ccccc6c5c4c4c5c(ccc43)oc3ccccc35)nc3ccccc23)cc1. The monoisotopic (exact) mass is 551 g/mol. The van der Waals surface area contributed by atoms with E-state index in [0.717, 1.165) is 87.8 Å². The first-order valence-corrected chi connectivity index (χ1v) is 14.3. The van der Waals surface area contributed by atoms with E-state index in [4.69, 9.17) is 18.8 Å². The normalized spacial score (nSPS) is 12.2. The molecule has 4 aromatic heterocycles. The summed E-state index contributed by atoms with van der Waals surface area (Å²) in [5, 5.41) is 7.55. The Morgan fingerprint density at radius 2 is 0.953 bits per heavy atom. The molecule has 6 aromatic carbocycles. The molecular weight excluding hydrogens is 530 g/mol. The molecule has 5 nitrogen and oxygen atoms in total. The minimum absolute atomic E-state index is 0.622. The lowest BCUT2D eigenvalue weighted by atomic mass is 10.0. The third kappa shape index (κ3) is 3.05. The number of rotatable bonds is 2. The zero-order chi connectivity index (χ0) is 28.1. The van der Waals surface area contributed by atoms with Gasteiger partial charge in [-0.25, -0.2) is 9.97 Å². The van der Waals surface area contributed by atoms with Crippen molar-refractivity contribution in [3.05, 3.63) is 127 Å². The van der Waals surface area contributed by atoms with E-state index in [2.05, 4.69) is 77.4 Å². The smallest absolute Gasteiger partial charge is 0.235 e. The number of aromatic nitrogens is 3. The molecule has 0 spiro atoms. The summed E-state index contributed by atoms with van der Waals surface area (Å²) in [5.41, 5.74) is 8.31. The van der Waals surface area contributed by atoms with E-state index in [9.17, 15) is 0 Å². The van der Waals surface area contributed by atoms with E-state index >= 15 is 0 Å². The van der Waals surface area contributed by atoms with E-state index < -0.39 is 0 Å². The number of hydrogen-bond acceptors (Lipinski definition) is 4. The number of para-hydroxylation sites is 3. The van der Waals surface area contributed by atoms with Crippen molar-refractivity contribution < 1.29 is 8.83 Å². The van der Waals surface area contributed by atoms with Crippen LogP contribution >= 0.6 is 0 Å². The van der Waals surface area contributed by atoms with E-state index in [1.807, 2.05) is 54.6 Å². The number of hydrogen-bond donors (Lipinski definition) is 0. The Morgan fingerprint density at radius 1 is 0.419 bits per heavy atom. The molecule has 0 fully saturated rings. The molecule has 0 aliphatic carbocycles. The first-order valence-electron chi connectivity index (χ1n) is 14.3.